The second-order valence-electron chi connectivity index (χ2n) is 3.89. The molecule has 1 aliphatic rings. The van der Waals surface area contributed by atoms with Crippen LogP contribution in [0.5, 0.6) is 0 Å². The smallest absolute Gasteiger partial charge is 0.101 e. The standard InChI is InChI=1S/C12H13BrN2O2/c13-10-1-2-12(9(5-10)6-14)15-3-4-17-11(7-15)8-16/h1-2,5,11,16H,3-4,7-8H2. The van der Waals surface area contributed by atoms with E-state index in [1.165, 1.54) is 0 Å². The number of aliphatic hydroxyl groups excluding tert-OH is 1. The molecule has 1 N–H and O–H groups in total. The monoisotopic (exact) mass is 296 g/mol. The van der Waals surface area contributed by atoms with E-state index in [0.717, 1.165) is 16.7 Å². The van der Waals surface area contributed by atoms with Crippen LogP contribution in [0.25, 0.3) is 0 Å². The van der Waals surface area contributed by atoms with Crippen molar-refractivity contribution in [2.75, 3.05) is 31.2 Å². The highest BCUT2D eigenvalue weighted by atomic mass is 79.9. The van der Waals surface area contributed by atoms with Crippen molar-refractivity contribution in [2.24, 2.45) is 0 Å². The molecule has 2 rings (SSSR count). The molecule has 0 spiro atoms. The fourth-order valence-corrected chi connectivity index (χ4v) is 2.28. The van der Waals surface area contributed by atoms with Crippen LogP contribution in [0.3, 0.4) is 0 Å². The predicted molar refractivity (Wildman–Crippen MR) is 67.9 cm³/mol. The molecule has 1 heterocycles. The van der Waals surface area contributed by atoms with Gasteiger partial charge in [0.05, 0.1) is 30.6 Å². The minimum Gasteiger partial charge on any atom is -0.394 e. The number of hydrogen-bond donors (Lipinski definition) is 1. The highest BCUT2D eigenvalue weighted by Gasteiger charge is 2.21. The third-order valence-electron chi connectivity index (χ3n) is 2.76. The minimum atomic E-state index is -0.168. The number of morpholine rings is 1. The van der Waals surface area contributed by atoms with E-state index in [0.29, 0.717) is 18.7 Å². The molecule has 0 radical (unpaired) electrons. The van der Waals surface area contributed by atoms with Crippen molar-refractivity contribution in [2.45, 2.75) is 6.10 Å². The third-order valence-corrected chi connectivity index (χ3v) is 3.26. The normalized spacial score (nSPS) is 20.1. The minimum absolute atomic E-state index is 0.00884. The molecule has 4 nitrogen and oxygen atoms in total. The van der Waals surface area contributed by atoms with E-state index in [1.807, 2.05) is 12.1 Å². The van der Waals surface area contributed by atoms with Gasteiger partial charge in [-0.25, -0.2) is 0 Å². The second-order valence-corrected chi connectivity index (χ2v) is 4.81. The van der Waals surface area contributed by atoms with Gasteiger partial charge in [0.1, 0.15) is 6.07 Å². The van der Waals surface area contributed by atoms with Crippen LogP contribution in [-0.4, -0.2) is 37.5 Å². The van der Waals surface area contributed by atoms with Gasteiger partial charge in [-0.05, 0) is 18.2 Å². The Hall–Kier alpha value is -1.09. The summed E-state index contributed by atoms with van der Waals surface area (Å²) in [6.45, 7) is 1.95. The zero-order chi connectivity index (χ0) is 12.3. The SMILES string of the molecule is N#Cc1cc(Br)ccc1N1CCOC(CO)C1. The van der Waals surface area contributed by atoms with E-state index in [9.17, 15) is 0 Å². The van der Waals surface area contributed by atoms with Gasteiger partial charge in [-0.15, -0.1) is 0 Å². The number of halogens is 1. The summed E-state index contributed by atoms with van der Waals surface area (Å²) in [5.41, 5.74) is 1.54. The largest absolute Gasteiger partial charge is 0.394 e. The van der Waals surface area contributed by atoms with Crippen LogP contribution in [0, 0.1) is 11.3 Å². The Morgan fingerprint density at radius 2 is 2.41 bits per heavy atom. The lowest BCUT2D eigenvalue weighted by molar-refractivity contribution is 0.00355. The molecule has 0 amide bonds. The van der Waals surface area contributed by atoms with Crippen molar-refractivity contribution in [3.63, 3.8) is 0 Å². The number of nitrogens with zero attached hydrogens (tertiary/aromatic N) is 2. The first-order valence-electron chi connectivity index (χ1n) is 5.41. The van der Waals surface area contributed by atoms with Crippen LogP contribution in [0.15, 0.2) is 22.7 Å². The number of anilines is 1. The molecule has 90 valence electrons. The van der Waals surface area contributed by atoms with Crippen molar-refractivity contribution in [1.29, 1.82) is 5.26 Å². The average molecular weight is 297 g/mol. The molecular formula is C12H13BrN2O2. The first-order valence-corrected chi connectivity index (χ1v) is 6.21. The maximum atomic E-state index is 9.12. The summed E-state index contributed by atoms with van der Waals surface area (Å²) in [4.78, 5) is 2.08. The van der Waals surface area contributed by atoms with Gasteiger partial charge in [-0.1, -0.05) is 15.9 Å². The van der Waals surface area contributed by atoms with Crippen LogP contribution in [0.2, 0.25) is 0 Å². The molecule has 1 saturated heterocycles. The fraction of sp³-hybridized carbons (Fsp3) is 0.417. The summed E-state index contributed by atoms with van der Waals surface area (Å²) in [5.74, 6) is 0. The third kappa shape index (κ3) is 2.78. The molecule has 1 atom stereocenters. The van der Waals surface area contributed by atoms with Gasteiger partial charge in [-0.3, -0.25) is 0 Å². The molecule has 17 heavy (non-hydrogen) atoms. The van der Waals surface area contributed by atoms with Gasteiger partial charge in [-0.2, -0.15) is 5.26 Å². The highest BCUT2D eigenvalue weighted by molar-refractivity contribution is 9.10. The van der Waals surface area contributed by atoms with Crippen molar-refractivity contribution in [3.8, 4) is 6.07 Å². The van der Waals surface area contributed by atoms with E-state index < -0.39 is 0 Å². The molecule has 1 aromatic carbocycles. The zero-order valence-electron chi connectivity index (χ0n) is 9.27. The Balaban J connectivity index is 2.24. The maximum absolute atomic E-state index is 9.12. The van der Waals surface area contributed by atoms with Crippen LogP contribution in [0.4, 0.5) is 5.69 Å². The topological polar surface area (TPSA) is 56.5 Å². The number of rotatable bonds is 2. The molecule has 1 aromatic rings. The maximum Gasteiger partial charge on any atom is 0.101 e. The Labute approximate surface area is 109 Å². The molecule has 0 aliphatic carbocycles. The van der Waals surface area contributed by atoms with Crippen LogP contribution < -0.4 is 4.90 Å². The fourth-order valence-electron chi connectivity index (χ4n) is 1.92. The second kappa shape index (κ2) is 5.50. The Kier molecular flexibility index (Phi) is 4.00. The van der Waals surface area contributed by atoms with Gasteiger partial charge < -0.3 is 14.7 Å². The number of benzene rings is 1. The number of hydrogen-bond acceptors (Lipinski definition) is 4. The number of aliphatic hydroxyl groups is 1. The summed E-state index contributed by atoms with van der Waals surface area (Å²) in [7, 11) is 0. The first-order chi connectivity index (χ1) is 8.24. The van der Waals surface area contributed by atoms with Gasteiger partial charge in [0.15, 0.2) is 0 Å². The molecular weight excluding hydrogens is 284 g/mol. The van der Waals surface area contributed by atoms with E-state index >= 15 is 0 Å². The Morgan fingerprint density at radius 1 is 1.59 bits per heavy atom. The van der Waals surface area contributed by atoms with Crippen molar-refractivity contribution >= 4 is 21.6 Å². The zero-order valence-corrected chi connectivity index (χ0v) is 10.9. The van der Waals surface area contributed by atoms with Gasteiger partial charge >= 0.3 is 0 Å². The molecule has 1 aliphatic heterocycles. The molecule has 1 fully saturated rings. The predicted octanol–water partition coefficient (Wildman–Crippen LogP) is 1.52. The summed E-state index contributed by atoms with van der Waals surface area (Å²) in [6.07, 6.45) is -0.168. The summed E-state index contributed by atoms with van der Waals surface area (Å²) in [5, 5.41) is 18.2. The van der Waals surface area contributed by atoms with Gasteiger partial charge in [0.25, 0.3) is 0 Å². The summed E-state index contributed by atoms with van der Waals surface area (Å²) >= 11 is 3.35. The van der Waals surface area contributed by atoms with Crippen LogP contribution >= 0.6 is 15.9 Å². The van der Waals surface area contributed by atoms with E-state index in [1.54, 1.807) is 6.07 Å². The summed E-state index contributed by atoms with van der Waals surface area (Å²) < 4.78 is 6.29. The lowest BCUT2D eigenvalue weighted by atomic mass is 10.1. The van der Waals surface area contributed by atoms with E-state index in [2.05, 4.69) is 26.9 Å². The molecule has 0 aromatic heterocycles. The van der Waals surface area contributed by atoms with Gasteiger partial charge in [0, 0.05) is 17.6 Å². The Bertz CT molecular complexity index is 445. The summed E-state index contributed by atoms with van der Waals surface area (Å²) in [6, 6.07) is 7.83. The molecule has 1 unspecified atom stereocenters. The lowest BCUT2D eigenvalue weighted by Crippen LogP contribution is -2.44. The number of nitriles is 1. The first kappa shape index (κ1) is 12.4. The number of ether oxygens (including phenoxy) is 1. The quantitative estimate of drug-likeness (QED) is 0.899. The van der Waals surface area contributed by atoms with E-state index in [4.69, 9.17) is 15.1 Å². The van der Waals surface area contributed by atoms with Gasteiger partial charge in [0.2, 0.25) is 0 Å². The van der Waals surface area contributed by atoms with Crippen LogP contribution in [0.1, 0.15) is 5.56 Å². The Morgan fingerprint density at radius 3 is 3.12 bits per heavy atom. The van der Waals surface area contributed by atoms with E-state index in [-0.39, 0.29) is 12.7 Å². The highest BCUT2D eigenvalue weighted by Crippen LogP contribution is 2.25. The van der Waals surface area contributed by atoms with Crippen molar-refractivity contribution < 1.29 is 9.84 Å². The molecule has 0 saturated carbocycles. The van der Waals surface area contributed by atoms with Crippen molar-refractivity contribution in [3.05, 3.63) is 28.2 Å². The molecule has 5 heteroatoms. The average Bonchev–Trinajstić information content (AvgIpc) is 2.38. The molecule has 0 bridgehead atoms. The van der Waals surface area contributed by atoms with Crippen LogP contribution in [-0.2, 0) is 4.74 Å². The van der Waals surface area contributed by atoms with Crippen molar-refractivity contribution in [1.82, 2.24) is 0 Å². The lowest BCUT2D eigenvalue weighted by Gasteiger charge is -2.34.